The molecule has 1 N–H and O–H groups in total. The van der Waals surface area contributed by atoms with Crippen LogP contribution in [0, 0.1) is 6.92 Å². The van der Waals surface area contributed by atoms with Crippen LogP contribution in [0.1, 0.15) is 29.9 Å². The Labute approximate surface area is 139 Å². The Balaban J connectivity index is 1.61. The number of aromatic nitrogens is 3. The van der Waals surface area contributed by atoms with Gasteiger partial charge in [0.15, 0.2) is 0 Å². The first kappa shape index (κ1) is 15.1. The summed E-state index contributed by atoms with van der Waals surface area (Å²) in [5, 5.41) is 1.94. The van der Waals surface area contributed by atoms with Crippen LogP contribution in [0.25, 0.3) is 0 Å². The van der Waals surface area contributed by atoms with E-state index in [1.807, 2.05) is 23.2 Å². The number of fused-ring (bicyclic) bond motifs is 2. The van der Waals surface area contributed by atoms with Gasteiger partial charge in [-0.1, -0.05) is 11.3 Å². The van der Waals surface area contributed by atoms with Gasteiger partial charge >= 0.3 is 4.87 Å². The topological polar surface area (TPSA) is 63.2 Å². The molecule has 23 heavy (non-hydrogen) atoms. The highest BCUT2D eigenvalue weighted by Crippen LogP contribution is 2.41. The zero-order valence-electron chi connectivity index (χ0n) is 13.4. The molecule has 0 aliphatic carbocycles. The van der Waals surface area contributed by atoms with Gasteiger partial charge in [0.1, 0.15) is 0 Å². The molecule has 1 spiro atoms. The van der Waals surface area contributed by atoms with Crippen molar-refractivity contribution >= 4 is 11.3 Å². The summed E-state index contributed by atoms with van der Waals surface area (Å²) in [5.41, 5.74) is 3.49. The minimum absolute atomic E-state index is 0.0284. The maximum Gasteiger partial charge on any atom is 0.307 e. The Morgan fingerprint density at radius 1 is 1.39 bits per heavy atom. The molecule has 2 aliphatic heterocycles. The van der Waals surface area contributed by atoms with Crippen molar-refractivity contribution in [2.75, 3.05) is 26.3 Å². The van der Waals surface area contributed by atoms with E-state index in [4.69, 9.17) is 4.74 Å². The van der Waals surface area contributed by atoms with Crippen molar-refractivity contribution in [1.82, 2.24) is 19.4 Å². The van der Waals surface area contributed by atoms with Gasteiger partial charge in [0, 0.05) is 56.0 Å². The number of hydrogen-bond acceptors (Lipinski definition) is 5. The quantitative estimate of drug-likeness (QED) is 0.924. The lowest BCUT2D eigenvalue weighted by Crippen LogP contribution is -2.54. The maximum atomic E-state index is 12.0. The first-order chi connectivity index (χ1) is 11.2. The van der Waals surface area contributed by atoms with Crippen LogP contribution >= 0.6 is 11.3 Å². The fourth-order valence-electron chi connectivity index (χ4n) is 4.01. The van der Waals surface area contributed by atoms with Gasteiger partial charge in [-0.15, -0.1) is 0 Å². The third-order valence-corrected chi connectivity index (χ3v) is 6.17. The molecule has 1 fully saturated rings. The second-order valence-corrected chi connectivity index (χ2v) is 7.23. The Hall–Kier alpha value is -1.44. The Bertz CT molecular complexity index is 741. The number of H-pyrrole nitrogens is 1. The zero-order chi connectivity index (χ0) is 15.9. The van der Waals surface area contributed by atoms with Gasteiger partial charge in [0.2, 0.25) is 0 Å². The highest BCUT2D eigenvalue weighted by molar-refractivity contribution is 7.07. The maximum absolute atomic E-state index is 12.0. The van der Waals surface area contributed by atoms with E-state index < -0.39 is 0 Å². The summed E-state index contributed by atoms with van der Waals surface area (Å²) in [5.74, 6) is 0. The van der Waals surface area contributed by atoms with E-state index in [0.29, 0.717) is 0 Å². The molecule has 4 heterocycles. The van der Waals surface area contributed by atoms with E-state index in [1.54, 1.807) is 0 Å². The Kier molecular flexibility index (Phi) is 3.87. The second-order valence-electron chi connectivity index (χ2n) is 6.41. The number of rotatable bonds is 3. The van der Waals surface area contributed by atoms with Crippen molar-refractivity contribution in [3.63, 3.8) is 0 Å². The first-order valence-electron chi connectivity index (χ1n) is 8.21. The summed E-state index contributed by atoms with van der Waals surface area (Å²) in [6, 6.07) is 0. The van der Waals surface area contributed by atoms with Gasteiger partial charge in [-0.25, -0.2) is 4.98 Å². The Morgan fingerprint density at radius 2 is 2.22 bits per heavy atom. The third-order valence-electron chi connectivity index (χ3n) is 5.29. The van der Waals surface area contributed by atoms with Crippen LogP contribution in [-0.4, -0.2) is 45.7 Å². The largest absolute Gasteiger partial charge is 0.381 e. The van der Waals surface area contributed by atoms with Crippen LogP contribution < -0.4 is 4.87 Å². The van der Waals surface area contributed by atoms with E-state index >= 15 is 0 Å². The van der Waals surface area contributed by atoms with Crippen molar-refractivity contribution in [3.05, 3.63) is 38.5 Å². The average Bonchev–Trinajstić information content (AvgIpc) is 3.17. The normalized spacial score (nSPS) is 20.7. The molecule has 0 saturated carbocycles. The molecular formula is C16H22N4O2S. The number of nitrogens with one attached hydrogen (secondary N) is 1. The van der Waals surface area contributed by atoms with Crippen LogP contribution in [0.3, 0.4) is 0 Å². The van der Waals surface area contributed by atoms with Crippen molar-refractivity contribution in [3.8, 4) is 0 Å². The molecular weight excluding hydrogens is 312 g/mol. The number of hydrogen-bond donors (Lipinski definition) is 1. The molecule has 2 aromatic rings. The zero-order valence-corrected chi connectivity index (χ0v) is 14.2. The van der Waals surface area contributed by atoms with Crippen LogP contribution in [0.5, 0.6) is 0 Å². The van der Waals surface area contributed by atoms with Gasteiger partial charge in [-0.3, -0.25) is 9.69 Å². The van der Waals surface area contributed by atoms with Gasteiger partial charge in [-0.2, -0.15) is 0 Å². The lowest BCUT2D eigenvalue weighted by molar-refractivity contribution is -0.0421. The summed E-state index contributed by atoms with van der Waals surface area (Å²) >= 11 is 1.29. The standard InChI is InChI=1S/C16H22N4O2S/c1-12-10-23-15(21)20(12)7-6-19-5-2-13-14(18-11-17-13)16(19)3-8-22-9-4-16/h10-11H,2-9H2,1H3,(H,17,18). The number of aromatic amines is 1. The SMILES string of the molecule is Cc1csc(=O)n1CCN1CCc2[nH]cnc2C12CCOCC2. The fourth-order valence-corrected chi connectivity index (χ4v) is 4.77. The van der Waals surface area contributed by atoms with Gasteiger partial charge in [0.25, 0.3) is 0 Å². The molecule has 0 aromatic carbocycles. The van der Waals surface area contributed by atoms with Gasteiger partial charge in [0.05, 0.1) is 17.6 Å². The van der Waals surface area contributed by atoms with Crippen LogP contribution in [0.4, 0.5) is 0 Å². The predicted octanol–water partition coefficient (Wildman–Crippen LogP) is 1.51. The summed E-state index contributed by atoms with van der Waals surface area (Å²) in [6.07, 6.45) is 4.76. The minimum atomic E-state index is -0.0284. The van der Waals surface area contributed by atoms with Crippen molar-refractivity contribution in [2.24, 2.45) is 0 Å². The number of aryl methyl sites for hydroxylation is 1. The highest BCUT2D eigenvalue weighted by Gasteiger charge is 2.45. The molecule has 0 unspecified atom stereocenters. The molecule has 0 bridgehead atoms. The molecule has 0 amide bonds. The second kappa shape index (κ2) is 5.89. The van der Waals surface area contributed by atoms with Crippen molar-refractivity contribution in [2.45, 2.75) is 38.3 Å². The molecule has 2 aliphatic rings. The van der Waals surface area contributed by atoms with E-state index in [9.17, 15) is 4.79 Å². The smallest absolute Gasteiger partial charge is 0.307 e. The van der Waals surface area contributed by atoms with Crippen molar-refractivity contribution < 1.29 is 4.74 Å². The van der Waals surface area contributed by atoms with Crippen LogP contribution in [0.15, 0.2) is 16.5 Å². The third kappa shape index (κ3) is 2.47. The summed E-state index contributed by atoms with van der Waals surface area (Å²) in [7, 11) is 0. The molecule has 4 rings (SSSR count). The number of nitrogens with zero attached hydrogens (tertiary/aromatic N) is 3. The molecule has 1 saturated heterocycles. The van der Waals surface area contributed by atoms with Crippen molar-refractivity contribution in [1.29, 1.82) is 0 Å². The number of thiazole rings is 1. The van der Waals surface area contributed by atoms with E-state index in [0.717, 1.165) is 57.8 Å². The molecule has 124 valence electrons. The fraction of sp³-hybridized carbons (Fsp3) is 0.625. The molecule has 6 nitrogen and oxygen atoms in total. The highest BCUT2D eigenvalue weighted by atomic mass is 32.1. The molecule has 2 aromatic heterocycles. The number of imidazole rings is 1. The average molecular weight is 334 g/mol. The molecule has 7 heteroatoms. The molecule has 0 radical (unpaired) electrons. The van der Waals surface area contributed by atoms with Crippen LogP contribution in [-0.2, 0) is 23.2 Å². The predicted molar refractivity (Wildman–Crippen MR) is 88.9 cm³/mol. The lowest BCUT2D eigenvalue weighted by Gasteiger charge is -2.48. The van der Waals surface area contributed by atoms with E-state index in [2.05, 4.69) is 14.9 Å². The van der Waals surface area contributed by atoms with E-state index in [-0.39, 0.29) is 10.4 Å². The monoisotopic (exact) mass is 334 g/mol. The van der Waals surface area contributed by atoms with Crippen LogP contribution in [0.2, 0.25) is 0 Å². The molecule has 0 atom stereocenters. The summed E-state index contributed by atoms with van der Waals surface area (Å²) in [6.45, 7) is 6.19. The van der Waals surface area contributed by atoms with Gasteiger partial charge in [-0.05, 0) is 19.8 Å². The minimum Gasteiger partial charge on any atom is -0.381 e. The van der Waals surface area contributed by atoms with Gasteiger partial charge < -0.3 is 14.3 Å². The summed E-state index contributed by atoms with van der Waals surface area (Å²) < 4.78 is 7.49. The first-order valence-corrected chi connectivity index (χ1v) is 9.09. The lowest BCUT2D eigenvalue weighted by atomic mass is 9.80. The number of ether oxygens (including phenoxy) is 1. The van der Waals surface area contributed by atoms with E-state index in [1.165, 1.54) is 22.7 Å². The summed E-state index contributed by atoms with van der Waals surface area (Å²) in [4.78, 5) is 22.6. The Morgan fingerprint density at radius 3 is 2.96 bits per heavy atom.